The molecule has 1 aromatic rings. The Morgan fingerprint density at radius 2 is 2.06 bits per heavy atom. The molecule has 0 fully saturated rings. The van der Waals surface area contributed by atoms with Crippen LogP contribution in [0.1, 0.15) is 31.0 Å². The predicted molar refractivity (Wildman–Crippen MR) is 75.6 cm³/mol. The van der Waals surface area contributed by atoms with Crippen molar-refractivity contribution >= 4 is 28.3 Å². The molecule has 0 amide bonds. The third kappa shape index (κ3) is 3.15. The van der Waals surface area contributed by atoms with Crippen molar-refractivity contribution in [3.05, 3.63) is 27.7 Å². The number of phenolic OH excluding ortho intramolecular Hbond substituents is 1. The van der Waals surface area contributed by atoms with Gasteiger partial charge in [0.15, 0.2) is 0 Å². The van der Waals surface area contributed by atoms with E-state index in [4.69, 9.17) is 11.0 Å². The molecular formula is C12H16BrClN2O2. The van der Waals surface area contributed by atoms with Gasteiger partial charge in [0.2, 0.25) is 0 Å². The van der Waals surface area contributed by atoms with Crippen molar-refractivity contribution in [3.63, 3.8) is 0 Å². The lowest BCUT2D eigenvalue weighted by Crippen LogP contribution is -2.32. The van der Waals surface area contributed by atoms with Gasteiger partial charge in [0.1, 0.15) is 11.8 Å². The van der Waals surface area contributed by atoms with Gasteiger partial charge >= 0.3 is 0 Å². The van der Waals surface area contributed by atoms with Gasteiger partial charge in [0.05, 0.1) is 5.56 Å². The van der Waals surface area contributed by atoms with Gasteiger partial charge in [-0.05, 0) is 12.1 Å². The zero-order valence-electron chi connectivity index (χ0n) is 10.1. The number of phenols is 1. The number of aliphatic hydroxyl groups is 1. The highest BCUT2D eigenvalue weighted by Crippen LogP contribution is 2.40. The quantitative estimate of drug-likeness (QED) is 0.791. The number of halogens is 2. The summed E-state index contributed by atoms with van der Waals surface area (Å²) in [5, 5.41) is 28.1. The van der Waals surface area contributed by atoms with Gasteiger partial charge < -0.3 is 15.9 Å². The smallest absolute Gasteiger partial charge is 0.139 e. The first kappa shape index (κ1) is 17.2. The van der Waals surface area contributed by atoms with Crippen LogP contribution < -0.4 is 5.73 Å². The molecular weight excluding hydrogens is 320 g/mol. The zero-order valence-corrected chi connectivity index (χ0v) is 12.5. The number of nitriles is 1. The average Bonchev–Trinajstić information content (AvgIpc) is 2.29. The molecule has 100 valence electrons. The Hall–Kier alpha value is -0.800. The Balaban J connectivity index is 0.00000289. The average molecular weight is 336 g/mol. The van der Waals surface area contributed by atoms with Gasteiger partial charge in [0.25, 0.3) is 0 Å². The summed E-state index contributed by atoms with van der Waals surface area (Å²) < 4.78 is 0.628. The van der Waals surface area contributed by atoms with Crippen LogP contribution in [0.5, 0.6) is 5.75 Å². The molecule has 4 N–H and O–H groups in total. The molecule has 0 spiro atoms. The molecule has 0 radical (unpaired) electrons. The van der Waals surface area contributed by atoms with Crippen molar-refractivity contribution in [1.29, 1.82) is 5.26 Å². The summed E-state index contributed by atoms with van der Waals surface area (Å²) in [5.74, 6) is -0.129. The van der Waals surface area contributed by atoms with Crippen molar-refractivity contribution in [2.75, 3.05) is 6.61 Å². The molecule has 1 atom stereocenters. The normalized spacial score (nSPS) is 12.4. The molecule has 0 unspecified atom stereocenters. The Labute approximate surface area is 121 Å². The maximum absolute atomic E-state index is 9.98. The summed E-state index contributed by atoms with van der Waals surface area (Å²) in [6.07, 6.45) is 0. The lowest BCUT2D eigenvalue weighted by Gasteiger charge is -2.31. The maximum atomic E-state index is 9.98. The number of hydrogen-bond donors (Lipinski definition) is 3. The first-order valence-electron chi connectivity index (χ1n) is 5.13. The zero-order chi connectivity index (χ0) is 13.2. The lowest BCUT2D eigenvalue weighted by molar-refractivity contribution is 0.131. The molecule has 1 aromatic carbocycles. The number of nitrogens with two attached hydrogens (primary N) is 1. The van der Waals surface area contributed by atoms with E-state index in [1.807, 2.05) is 6.07 Å². The molecule has 6 heteroatoms. The van der Waals surface area contributed by atoms with E-state index in [2.05, 4.69) is 15.9 Å². The Morgan fingerprint density at radius 3 is 2.50 bits per heavy atom. The second-order valence-electron chi connectivity index (χ2n) is 4.59. The van der Waals surface area contributed by atoms with Crippen LogP contribution in [0.3, 0.4) is 0 Å². The summed E-state index contributed by atoms with van der Waals surface area (Å²) in [6, 6.07) is 4.51. The first-order chi connectivity index (χ1) is 7.85. The molecule has 0 aliphatic rings. The minimum atomic E-state index is -0.589. The van der Waals surface area contributed by atoms with Crippen molar-refractivity contribution in [1.82, 2.24) is 0 Å². The monoisotopic (exact) mass is 334 g/mol. The van der Waals surface area contributed by atoms with E-state index >= 15 is 0 Å². The van der Waals surface area contributed by atoms with Crippen LogP contribution in [0.2, 0.25) is 0 Å². The van der Waals surface area contributed by atoms with Gasteiger partial charge in [0, 0.05) is 28.1 Å². The molecule has 0 saturated carbocycles. The van der Waals surface area contributed by atoms with Crippen LogP contribution >= 0.6 is 28.3 Å². The molecule has 0 aromatic heterocycles. The topological polar surface area (TPSA) is 90.3 Å². The molecule has 0 heterocycles. The van der Waals surface area contributed by atoms with Crippen LogP contribution in [0.15, 0.2) is 16.6 Å². The molecule has 4 nitrogen and oxygen atoms in total. The third-order valence-electron chi connectivity index (χ3n) is 2.84. The predicted octanol–water partition coefficient (Wildman–Crippen LogP) is 2.47. The summed E-state index contributed by atoms with van der Waals surface area (Å²) in [6.45, 7) is 3.47. The fourth-order valence-corrected chi connectivity index (χ4v) is 2.03. The number of nitrogens with zero attached hydrogens (tertiary/aromatic N) is 1. The van der Waals surface area contributed by atoms with Gasteiger partial charge in [-0.1, -0.05) is 29.8 Å². The highest BCUT2D eigenvalue weighted by atomic mass is 79.9. The van der Waals surface area contributed by atoms with Crippen molar-refractivity contribution in [3.8, 4) is 11.8 Å². The van der Waals surface area contributed by atoms with E-state index in [0.29, 0.717) is 10.0 Å². The molecule has 18 heavy (non-hydrogen) atoms. The van der Waals surface area contributed by atoms with Crippen molar-refractivity contribution in [2.45, 2.75) is 19.9 Å². The van der Waals surface area contributed by atoms with Crippen molar-refractivity contribution in [2.24, 2.45) is 11.1 Å². The van der Waals surface area contributed by atoms with Gasteiger partial charge in [-0.3, -0.25) is 0 Å². The minimum absolute atomic E-state index is 0. The SMILES string of the molecule is CC(C)(CO)[C@H](N)c1c(Br)ccc(C#N)c1O.Cl. The standard InChI is InChI=1S/C12H15BrN2O2.ClH/c1-12(2,6-16)11(15)9-8(13)4-3-7(5-14)10(9)17;/h3-4,11,16-17H,6,15H2,1-2H3;1H/t11-;/m1./s1. The number of benzene rings is 1. The van der Waals surface area contributed by atoms with E-state index in [9.17, 15) is 10.2 Å². The van der Waals surface area contributed by atoms with E-state index < -0.39 is 11.5 Å². The van der Waals surface area contributed by atoms with Gasteiger partial charge in [-0.25, -0.2) is 0 Å². The van der Waals surface area contributed by atoms with Gasteiger partial charge in [-0.2, -0.15) is 5.26 Å². The highest BCUT2D eigenvalue weighted by Gasteiger charge is 2.31. The van der Waals surface area contributed by atoms with Crippen LogP contribution in [-0.4, -0.2) is 16.8 Å². The van der Waals surface area contributed by atoms with E-state index in [1.54, 1.807) is 19.9 Å². The van der Waals surface area contributed by atoms with Crippen LogP contribution in [0.25, 0.3) is 0 Å². The summed E-state index contributed by atoms with van der Waals surface area (Å²) in [4.78, 5) is 0. The van der Waals surface area contributed by atoms with E-state index in [-0.39, 0.29) is 30.3 Å². The number of aliphatic hydroxyl groups excluding tert-OH is 1. The largest absolute Gasteiger partial charge is 0.506 e. The Morgan fingerprint density at radius 1 is 1.50 bits per heavy atom. The summed E-state index contributed by atoms with van der Waals surface area (Å²) in [7, 11) is 0. The molecule has 0 aliphatic heterocycles. The van der Waals surface area contributed by atoms with Crippen LogP contribution in [0.4, 0.5) is 0 Å². The van der Waals surface area contributed by atoms with Crippen molar-refractivity contribution < 1.29 is 10.2 Å². The van der Waals surface area contributed by atoms with Gasteiger partial charge in [-0.15, -0.1) is 12.4 Å². The van der Waals surface area contributed by atoms with Crippen LogP contribution in [0, 0.1) is 16.7 Å². The second kappa shape index (κ2) is 6.39. The Kier molecular flexibility index (Phi) is 6.11. The number of rotatable bonds is 3. The van der Waals surface area contributed by atoms with E-state index in [1.165, 1.54) is 6.07 Å². The Bertz CT molecular complexity index is 472. The highest BCUT2D eigenvalue weighted by molar-refractivity contribution is 9.10. The lowest BCUT2D eigenvalue weighted by atomic mass is 9.81. The minimum Gasteiger partial charge on any atom is -0.506 e. The summed E-state index contributed by atoms with van der Waals surface area (Å²) in [5.41, 5.74) is 6.08. The molecule has 0 bridgehead atoms. The maximum Gasteiger partial charge on any atom is 0.139 e. The third-order valence-corrected chi connectivity index (χ3v) is 3.54. The molecule has 0 aliphatic carbocycles. The van der Waals surface area contributed by atoms with Crippen LogP contribution in [-0.2, 0) is 0 Å². The van der Waals surface area contributed by atoms with E-state index in [0.717, 1.165) is 0 Å². The molecule has 1 rings (SSSR count). The number of hydrogen-bond acceptors (Lipinski definition) is 4. The first-order valence-corrected chi connectivity index (χ1v) is 5.92. The molecule has 0 saturated heterocycles. The fourth-order valence-electron chi connectivity index (χ4n) is 1.46. The fraction of sp³-hybridized carbons (Fsp3) is 0.417. The second-order valence-corrected chi connectivity index (χ2v) is 5.45. The summed E-state index contributed by atoms with van der Waals surface area (Å²) >= 11 is 3.30. The number of aromatic hydroxyl groups is 1.